The summed E-state index contributed by atoms with van der Waals surface area (Å²) in [5, 5.41) is 5.95. The lowest BCUT2D eigenvalue weighted by Crippen LogP contribution is -2.50. The number of urea groups is 1. The summed E-state index contributed by atoms with van der Waals surface area (Å²) < 4.78 is 15.8. The van der Waals surface area contributed by atoms with Crippen molar-refractivity contribution in [2.24, 2.45) is 0 Å². The smallest absolute Gasteiger partial charge is 0.338 e. The number of amides is 2. The second-order valence-electron chi connectivity index (χ2n) is 6.53. The van der Waals surface area contributed by atoms with Gasteiger partial charge in [-0.1, -0.05) is 12.1 Å². The predicted octanol–water partition coefficient (Wildman–Crippen LogP) is 2.35. The maximum atomic E-state index is 12.3. The number of fused-ring (bicyclic) bond motifs is 1. The molecule has 1 aliphatic heterocycles. The van der Waals surface area contributed by atoms with E-state index in [1.165, 1.54) is 6.26 Å². The molecule has 0 fully saturated rings. The largest absolute Gasteiger partial charge is 0.464 e. The van der Waals surface area contributed by atoms with Crippen molar-refractivity contribution in [3.63, 3.8) is 0 Å². The molecule has 0 bridgehead atoms. The fraction of sp³-hybridized carbons (Fsp3) is 0.350. The Morgan fingerprint density at radius 2 is 2.04 bits per heavy atom. The van der Waals surface area contributed by atoms with E-state index in [1.807, 2.05) is 25.1 Å². The van der Waals surface area contributed by atoms with Gasteiger partial charge in [-0.3, -0.25) is 4.79 Å². The second-order valence-corrected chi connectivity index (χ2v) is 6.53. The van der Waals surface area contributed by atoms with Crippen LogP contribution in [0, 0.1) is 6.92 Å². The van der Waals surface area contributed by atoms with Crippen molar-refractivity contribution in [3.05, 3.63) is 46.9 Å². The fourth-order valence-corrected chi connectivity index (χ4v) is 3.08. The molecule has 1 aromatic carbocycles. The zero-order valence-electron chi connectivity index (χ0n) is 16.0. The number of ether oxygens (including phenoxy) is 2. The molecule has 1 aliphatic rings. The molecule has 2 heterocycles. The van der Waals surface area contributed by atoms with Gasteiger partial charge in [0.2, 0.25) is 0 Å². The summed E-state index contributed by atoms with van der Waals surface area (Å²) in [6.07, 6.45) is 1.54. The van der Waals surface area contributed by atoms with E-state index < -0.39 is 24.0 Å². The highest BCUT2D eigenvalue weighted by Crippen LogP contribution is 2.23. The monoisotopic (exact) mass is 386 g/mol. The van der Waals surface area contributed by atoms with E-state index in [4.69, 9.17) is 13.9 Å². The van der Waals surface area contributed by atoms with Gasteiger partial charge in [0.25, 0.3) is 0 Å². The highest BCUT2D eigenvalue weighted by molar-refractivity contribution is 5.95. The van der Waals surface area contributed by atoms with Gasteiger partial charge in [-0.15, -0.1) is 0 Å². The number of benzene rings is 1. The van der Waals surface area contributed by atoms with E-state index in [1.54, 1.807) is 13.8 Å². The van der Waals surface area contributed by atoms with Crippen LogP contribution in [-0.4, -0.2) is 37.2 Å². The van der Waals surface area contributed by atoms with Gasteiger partial charge < -0.3 is 24.5 Å². The summed E-state index contributed by atoms with van der Waals surface area (Å²) in [5.74, 6) is -1.07. The Morgan fingerprint density at radius 1 is 1.25 bits per heavy atom. The molecule has 2 aromatic rings. The highest BCUT2D eigenvalue weighted by Gasteiger charge is 2.30. The number of nitrogens with one attached hydrogen (secondary N) is 2. The van der Waals surface area contributed by atoms with Crippen molar-refractivity contribution in [1.29, 1.82) is 0 Å². The van der Waals surface area contributed by atoms with Gasteiger partial charge in [0.05, 0.1) is 36.6 Å². The first-order valence-corrected chi connectivity index (χ1v) is 8.99. The molecule has 8 nitrogen and oxygen atoms in total. The lowest BCUT2D eigenvalue weighted by atomic mass is 10.0. The molecule has 1 unspecified atom stereocenters. The van der Waals surface area contributed by atoms with Crippen LogP contribution in [0.15, 0.2) is 40.1 Å². The van der Waals surface area contributed by atoms with E-state index in [2.05, 4.69) is 10.6 Å². The first kappa shape index (κ1) is 19.5. The summed E-state index contributed by atoms with van der Waals surface area (Å²) in [6.45, 7) is 5.27. The van der Waals surface area contributed by atoms with Gasteiger partial charge in [0.15, 0.2) is 0 Å². The van der Waals surface area contributed by atoms with Gasteiger partial charge in [0, 0.05) is 10.9 Å². The molecular formula is C20H22N2O6. The Hall–Kier alpha value is -3.29. The highest BCUT2D eigenvalue weighted by atomic mass is 16.5. The zero-order chi connectivity index (χ0) is 20.3. The van der Waals surface area contributed by atoms with E-state index in [0.29, 0.717) is 11.1 Å². The van der Waals surface area contributed by atoms with Crippen molar-refractivity contribution >= 4 is 28.9 Å². The molecule has 0 aliphatic carbocycles. The first-order valence-electron chi connectivity index (χ1n) is 8.99. The van der Waals surface area contributed by atoms with E-state index in [0.717, 1.165) is 10.9 Å². The standard InChI is InChI=1S/C20H22N2O6/c1-4-26-19(24)18-12(3)21-20(25)22-15(18)10-28-17(23)8-13-9-27-16-7-11(2)5-6-14(13)16/h5-7,9,12H,4,8,10H2,1-3H3,(H2,21,22,25). The lowest BCUT2D eigenvalue weighted by molar-refractivity contribution is -0.143. The van der Waals surface area contributed by atoms with Crippen LogP contribution in [0.25, 0.3) is 11.0 Å². The van der Waals surface area contributed by atoms with Crippen molar-refractivity contribution < 1.29 is 28.3 Å². The summed E-state index contributed by atoms with van der Waals surface area (Å²) in [5.41, 5.74) is 2.93. The average molecular weight is 386 g/mol. The van der Waals surface area contributed by atoms with Crippen LogP contribution in [0.2, 0.25) is 0 Å². The minimum Gasteiger partial charge on any atom is -0.464 e. The molecule has 0 saturated heterocycles. The van der Waals surface area contributed by atoms with Gasteiger partial charge in [0.1, 0.15) is 12.2 Å². The number of aryl methyl sites for hydroxylation is 1. The number of hydrogen-bond acceptors (Lipinski definition) is 6. The minimum absolute atomic E-state index is 0.0137. The SMILES string of the molecule is CCOC(=O)C1=C(COC(=O)Cc2coc3cc(C)ccc23)NC(=O)NC1C. The van der Waals surface area contributed by atoms with Gasteiger partial charge in [-0.25, -0.2) is 9.59 Å². The van der Waals surface area contributed by atoms with Crippen LogP contribution in [0.3, 0.4) is 0 Å². The second kappa shape index (κ2) is 8.16. The van der Waals surface area contributed by atoms with Crippen molar-refractivity contribution in [2.45, 2.75) is 33.2 Å². The topological polar surface area (TPSA) is 107 Å². The van der Waals surface area contributed by atoms with Crippen LogP contribution in [-0.2, 0) is 25.5 Å². The summed E-state index contributed by atoms with van der Waals surface area (Å²) in [4.78, 5) is 36.2. The van der Waals surface area contributed by atoms with E-state index in [-0.39, 0.29) is 30.9 Å². The third kappa shape index (κ3) is 4.16. The maximum Gasteiger partial charge on any atom is 0.338 e. The average Bonchev–Trinajstić information content (AvgIpc) is 3.01. The van der Waals surface area contributed by atoms with Crippen LogP contribution in [0.4, 0.5) is 4.79 Å². The Morgan fingerprint density at radius 3 is 2.79 bits per heavy atom. The molecular weight excluding hydrogens is 364 g/mol. The number of carbonyl (C=O) groups excluding carboxylic acids is 3. The Labute approximate surface area is 161 Å². The molecule has 1 aromatic heterocycles. The number of hydrogen-bond donors (Lipinski definition) is 2. The van der Waals surface area contributed by atoms with Gasteiger partial charge in [-0.05, 0) is 32.4 Å². The molecule has 1 atom stereocenters. The van der Waals surface area contributed by atoms with E-state index >= 15 is 0 Å². The van der Waals surface area contributed by atoms with Crippen molar-refractivity contribution in [1.82, 2.24) is 10.6 Å². The molecule has 0 radical (unpaired) electrons. The molecule has 28 heavy (non-hydrogen) atoms. The minimum atomic E-state index is -0.565. The van der Waals surface area contributed by atoms with Crippen molar-refractivity contribution in [3.8, 4) is 0 Å². The van der Waals surface area contributed by atoms with Crippen LogP contribution in [0.5, 0.6) is 0 Å². The van der Waals surface area contributed by atoms with Crippen molar-refractivity contribution in [2.75, 3.05) is 13.2 Å². The van der Waals surface area contributed by atoms with Crippen LogP contribution >= 0.6 is 0 Å². The summed E-state index contributed by atoms with van der Waals surface area (Å²) in [6, 6.07) is 4.71. The Bertz CT molecular complexity index is 959. The first-order chi connectivity index (χ1) is 13.4. The molecule has 8 heteroatoms. The zero-order valence-corrected chi connectivity index (χ0v) is 16.0. The fourth-order valence-electron chi connectivity index (χ4n) is 3.08. The molecule has 0 spiro atoms. The third-order valence-electron chi connectivity index (χ3n) is 4.39. The van der Waals surface area contributed by atoms with Gasteiger partial charge in [-0.2, -0.15) is 0 Å². The maximum absolute atomic E-state index is 12.3. The number of esters is 2. The quantitative estimate of drug-likeness (QED) is 0.738. The Balaban J connectivity index is 1.71. The molecule has 2 amide bonds. The molecule has 148 valence electrons. The number of furan rings is 1. The van der Waals surface area contributed by atoms with Crippen LogP contribution < -0.4 is 10.6 Å². The summed E-state index contributed by atoms with van der Waals surface area (Å²) >= 11 is 0. The Kier molecular flexibility index (Phi) is 5.67. The lowest BCUT2D eigenvalue weighted by Gasteiger charge is -2.26. The van der Waals surface area contributed by atoms with Crippen LogP contribution in [0.1, 0.15) is 25.0 Å². The molecule has 3 rings (SSSR count). The van der Waals surface area contributed by atoms with E-state index in [9.17, 15) is 14.4 Å². The number of rotatable bonds is 6. The number of carbonyl (C=O) groups is 3. The normalized spacial score (nSPS) is 16.5. The predicted molar refractivity (Wildman–Crippen MR) is 100 cm³/mol. The molecule has 2 N–H and O–H groups in total. The van der Waals surface area contributed by atoms with Gasteiger partial charge >= 0.3 is 18.0 Å². The third-order valence-corrected chi connectivity index (χ3v) is 4.39. The molecule has 0 saturated carbocycles. The summed E-state index contributed by atoms with van der Waals surface area (Å²) in [7, 11) is 0.